The largest absolute Gasteiger partial charge is 0.351 e. The Morgan fingerprint density at radius 3 is 2.59 bits per heavy atom. The van der Waals surface area contributed by atoms with Gasteiger partial charge in [0, 0.05) is 25.6 Å². The maximum Gasteiger partial charge on any atom is 0.267 e. The van der Waals surface area contributed by atoms with Crippen LogP contribution in [0.1, 0.15) is 42.0 Å². The van der Waals surface area contributed by atoms with E-state index in [1.807, 2.05) is 30.6 Å². The minimum Gasteiger partial charge on any atom is -0.351 e. The van der Waals surface area contributed by atoms with Gasteiger partial charge in [-0.3, -0.25) is 4.79 Å². The molecule has 1 aliphatic rings. The van der Waals surface area contributed by atoms with Gasteiger partial charge in [0.05, 0.1) is 11.7 Å². The first kappa shape index (κ1) is 17.8. The van der Waals surface area contributed by atoms with Gasteiger partial charge in [-0.2, -0.15) is 4.52 Å². The summed E-state index contributed by atoms with van der Waals surface area (Å²) in [6.45, 7) is 9.55. The van der Waals surface area contributed by atoms with E-state index in [0.29, 0.717) is 10.6 Å². The van der Waals surface area contributed by atoms with E-state index in [4.69, 9.17) is 5.10 Å². The van der Waals surface area contributed by atoms with Crippen molar-refractivity contribution in [2.24, 2.45) is 0 Å². The van der Waals surface area contributed by atoms with E-state index in [1.54, 1.807) is 4.90 Å². The van der Waals surface area contributed by atoms with Crippen molar-refractivity contribution >= 4 is 28.9 Å². The Balaban J connectivity index is 1.49. The summed E-state index contributed by atoms with van der Waals surface area (Å²) in [4.78, 5) is 17.1. The first-order valence-corrected chi connectivity index (χ1v) is 9.57. The van der Waals surface area contributed by atoms with Crippen molar-refractivity contribution in [1.29, 1.82) is 0 Å². The zero-order valence-corrected chi connectivity index (χ0v) is 16.9. The second-order valence-corrected chi connectivity index (χ2v) is 8.65. The number of fused-ring (bicyclic) bond motifs is 1. The van der Waals surface area contributed by atoms with Crippen molar-refractivity contribution in [3.8, 4) is 0 Å². The average Bonchev–Trinajstić information content (AvgIpc) is 3.17. The van der Waals surface area contributed by atoms with Crippen molar-refractivity contribution in [3.05, 3.63) is 28.5 Å². The van der Waals surface area contributed by atoms with Gasteiger partial charge in [-0.05, 0) is 30.6 Å². The lowest BCUT2D eigenvalue weighted by Gasteiger charge is -2.44. The molecule has 9 nitrogen and oxygen atoms in total. The van der Waals surface area contributed by atoms with Crippen molar-refractivity contribution in [2.75, 3.05) is 25.0 Å². The number of hydrogen-bond acceptors (Lipinski definition) is 8. The van der Waals surface area contributed by atoms with E-state index in [2.05, 4.69) is 45.5 Å². The normalized spacial score (nSPS) is 15.2. The van der Waals surface area contributed by atoms with Crippen LogP contribution >= 0.6 is 11.5 Å². The fraction of sp³-hybridized carbons (Fsp3) is 0.529. The monoisotopic (exact) mass is 386 g/mol. The van der Waals surface area contributed by atoms with Crippen LogP contribution in [0.4, 0.5) is 5.82 Å². The van der Waals surface area contributed by atoms with Crippen LogP contribution < -0.4 is 4.90 Å². The highest BCUT2D eigenvalue weighted by Gasteiger charge is 2.35. The van der Waals surface area contributed by atoms with Gasteiger partial charge >= 0.3 is 0 Å². The topological polar surface area (TPSA) is 92.4 Å². The quantitative estimate of drug-likeness (QED) is 0.674. The first-order valence-electron chi connectivity index (χ1n) is 8.79. The van der Waals surface area contributed by atoms with Crippen molar-refractivity contribution in [3.63, 3.8) is 0 Å². The molecule has 1 saturated heterocycles. The summed E-state index contributed by atoms with van der Waals surface area (Å²) < 4.78 is 5.66. The number of aromatic nitrogens is 6. The molecule has 10 heteroatoms. The summed E-state index contributed by atoms with van der Waals surface area (Å²) >= 11 is 1.15. The van der Waals surface area contributed by atoms with Crippen LogP contribution in [0.5, 0.6) is 0 Å². The molecule has 0 unspecified atom stereocenters. The number of carbonyl (C=O) groups is 1. The highest BCUT2D eigenvalue weighted by Crippen LogP contribution is 2.25. The smallest absolute Gasteiger partial charge is 0.267 e. The summed E-state index contributed by atoms with van der Waals surface area (Å²) in [7, 11) is 1.83. The number of rotatable bonds is 3. The van der Waals surface area contributed by atoms with Gasteiger partial charge in [0.1, 0.15) is 10.7 Å². The van der Waals surface area contributed by atoms with E-state index >= 15 is 0 Å². The molecule has 1 aliphatic heterocycles. The summed E-state index contributed by atoms with van der Waals surface area (Å²) in [6, 6.07) is 4.02. The fourth-order valence-electron chi connectivity index (χ4n) is 3.06. The molecular formula is C17H22N8OS. The minimum atomic E-state index is -0.143. The number of amides is 1. The second-order valence-electron chi connectivity index (χ2n) is 7.90. The lowest BCUT2D eigenvalue weighted by atomic mass is 9.96. The third-order valence-electron chi connectivity index (χ3n) is 4.82. The van der Waals surface area contributed by atoms with Gasteiger partial charge in [0.25, 0.3) is 5.91 Å². The van der Waals surface area contributed by atoms with E-state index in [-0.39, 0.29) is 17.4 Å². The minimum absolute atomic E-state index is 0.0237. The van der Waals surface area contributed by atoms with Crippen LogP contribution in [0.15, 0.2) is 12.1 Å². The Morgan fingerprint density at radius 2 is 1.96 bits per heavy atom. The molecule has 0 atom stereocenters. The van der Waals surface area contributed by atoms with Crippen LogP contribution in [-0.4, -0.2) is 66.4 Å². The number of nitrogens with zero attached hydrogens (tertiary/aromatic N) is 8. The SMILES string of the molecule is Cc1nnsc1C(=O)N(C)C1CN(c2ccc3nnc(C(C)(C)C)n3n2)C1. The Bertz CT molecular complexity index is 998. The van der Waals surface area contributed by atoms with Gasteiger partial charge in [-0.1, -0.05) is 25.3 Å². The predicted octanol–water partition coefficient (Wildman–Crippen LogP) is 1.54. The first-order chi connectivity index (χ1) is 12.8. The molecule has 0 bridgehead atoms. The molecule has 1 fully saturated rings. The van der Waals surface area contributed by atoms with Crippen LogP contribution in [0.3, 0.4) is 0 Å². The predicted molar refractivity (Wildman–Crippen MR) is 102 cm³/mol. The molecule has 0 N–H and O–H groups in total. The molecule has 27 heavy (non-hydrogen) atoms. The highest BCUT2D eigenvalue weighted by atomic mass is 32.1. The summed E-state index contributed by atoms with van der Waals surface area (Å²) in [5, 5.41) is 17.1. The Hall–Kier alpha value is -2.62. The van der Waals surface area contributed by atoms with Gasteiger partial charge < -0.3 is 9.80 Å². The van der Waals surface area contributed by atoms with Crippen molar-refractivity contribution < 1.29 is 4.79 Å². The number of anilines is 1. The standard InChI is InChI=1S/C17H22N8OS/c1-10-14(27-22-18-10)15(26)23(5)11-8-24(9-11)13-7-6-12-19-20-16(17(2,3)4)25(12)21-13/h6-7,11H,8-9H2,1-5H3. The lowest BCUT2D eigenvalue weighted by Crippen LogP contribution is -2.60. The molecule has 0 aliphatic carbocycles. The van der Waals surface area contributed by atoms with Gasteiger partial charge in [-0.25, -0.2) is 0 Å². The van der Waals surface area contributed by atoms with Crippen LogP contribution in [0.25, 0.3) is 5.65 Å². The molecule has 0 radical (unpaired) electrons. The maximum atomic E-state index is 12.6. The third kappa shape index (κ3) is 3.03. The molecule has 0 aromatic carbocycles. The van der Waals surface area contributed by atoms with E-state index in [1.165, 1.54) is 0 Å². The molecule has 0 saturated carbocycles. The van der Waals surface area contributed by atoms with E-state index in [9.17, 15) is 4.79 Å². The van der Waals surface area contributed by atoms with E-state index in [0.717, 1.165) is 41.9 Å². The van der Waals surface area contributed by atoms with Crippen LogP contribution in [0.2, 0.25) is 0 Å². The average molecular weight is 386 g/mol. The number of aryl methyl sites for hydroxylation is 1. The number of carbonyl (C=O) groups excluding carboxylic acids is 1. The molecule has 1 amide bonds. The zero-order chi connectivity index (χ0) is 19.3. The van der Waals surface area contributed by atoms with Gasteiger partial charge in [-0.15, -0.1) is 20.4 Å². The Labute approximate surface area is 161 Å². The van der Waals surface area contributed by atoms with Gasteiger partial charge in [0.15, 0.2) is 11.5 Å². The fourth-order valence-corrected chi connectivity index (χ4v) is 3.70. The maximum absolute atomic E-state index is 12.6. The highest BCUT2D eigenvalue weighted by molar-refractivity contribution is 7.07. The lowest BCUT2D eigenvalue weighted by molar-refractivity contribution is 0.0709. The summed E-state index contributed by atoms with van der Waals surface area (Å²) in [5.41, 5.74) is 1.28. The molecule has 3 aromatic rings. The molecule has 0 spiro atoms. The second kappa shape index (κ2) is 6.22. The summed E-state index contributed by atoms with van der Waals surface area (Å²) in [6.07, 6.45) is 0. The number of likely N-dealkylation sites (N-methyl/N-ethyl adjacent to an activating group) is 1. The molecule has 142 valence electrons. The van der Waals surface area contributed by atoms with Gasteiger partial charge in [0.2, 0.25) is 0 Å². The van der Waals surface area contributed by atoms with Crippen LogP contribution in [0, 0.1) is 6.92 Å². The summed E-state index contributed by atoms with van der Waals surface area (Å²) in [5.74, 6) is 1.67. The van der Waals surface area contributed by atoms with Crippen LogP contribution in [-0.2, 0) is 5.41 Å². The molecule has 3 aromatic heterocycles. The Morgan fingerprint density at radius 1 is 1.22 bits per heavy atom. The van der Waals surface area contributed by atoms with Crippen molar-refractivity contribution in [2.45, 2.75) is 39.2 Å². The molecule has 4 rings (SSSR count). The Kier molecular flexibility index (Phi) is 4.10. The van der Waals surface area contributed by atoms with E-state index < -0.39 is 0 Å². The number of hydrogen-bond donors (Lipinski definition) is 0. The molecule has 4 heterocycles. The van der Waals surface area contributed by atoms with Crippen molar-refractivity contribution in [1.82, 2.24) is 34.3 Å². The third-order valence-corrected chi connectivity index (χ3v) is 5.64. The zero-order valence-electron chi connectivity index (χ0n) is 16.0. The molecular weight excluding hydrogens is 364 g/mol.